The molecule has 1 aromatic carbocycles. The topological polar surface area (TPSA) is 237 Å². The van der Waals surface area contributed by atoms with Crippen LogP contribution in [0.5, 0.6) is 0 Å². The standard InChI is InChI=1S/C17H16N6O10S2.Na/c1-32-21-11(10-7-34-17(18)19-10)14(24)20-12-13(22(15(12)25)35(29,30)31)16(26)33-6-8-2-4-9(5-3-8)23(27)28;/h2-5,7,12-13H,6H2,1H3,(H2,18,19)(H,20,24)(H,29,30,31);/q;+1/p-1. The van der Waals surface area contributed by atoms with E-state index in [2.05, 4.69) is 20.3 Å². The Balaban J connectivity index is 0.00000456. The molecule has 1 saturated heterocycles. The van der Waals surface area contributed by atoms with Gasteiger partial charge in [-0.1, -0.05) is 5.16 Å². The summed E-state index contributed by atoms with van der Waals surface area (Å²) in [4.78, 5) is 56.1. The van der Waals surface area contributed by atoms with Crippen molar-refractivity contribution in [3.8, 4) is 0 Å². The van der Waals surface area contributed by atoms with Crippen molar-refractivity contribution in [3.63, 3.8) is 0 Å². The number of rotatable bonds is 9. The number of hydrogen-bond acceptors (Lipinski definition) is 14. The van der Waals surface area contributed by atoms with Gasteiger partial charge < -0.3 is 25.2 Å². The molecular formula is C17H15N6NaO10S2. The number of esters is 1. The second-order valence-electron chi connectivity index (χ2n) is 6.71. The van der Waals surface area contributed by atoms with Gasteiger partial charge in [0.05, 0.1) is 4.92 Å². The van der Waals surface area contributed by atoms with Crippen LogP contribution < -0.4 is 40.6 Å². The third kappa shape index (κ3) is 6.33. The number of nitrogen functional groups attached to an aromatic ring is 1. The normalized spacial score (nSPS) is 17.4. The summed E-state index contributed by atoms with van der Waals surface area (Å²) >= 11 is 0.974. The molecule has 0 bridgehead atoms. The molecular weight excluding hydrogens is 535 g/mol. The van der Waals surface area contributed by atoms with Crippen molar-refractivity contribution in [1.29, 1.82) is 0 Å². The summed E-state index contributed by atoms with van der Waals surface area (Å²) in [6, 6.07) is 1.08. The first-order valence-electron chi connectivity index (χ1n) is 9.26. The average molecular weight is 550 g/mol. The van der Waals surface area contributed by atoms with Crippen molar-refractivity contribution < 1.29 is 71.4 Å². The Morgan fingerprint density at radius 2 is 1.97 bits per heavy atom. The molecule has 1 aliphatic heterocycles. The Morgan fingerprint density at radius 3 is 2.47 bits per heavy atom. The van der Waals surface area contributed by atoms with E-state index < -0.39 is 57.4 Å². The first-order chi connectivity index (χ1) is 16.4. The second-order valence-corrected chi connectivity index (χ2v) is 8.85. The van der Waals surface area contributed by atoms with Crippen LogP contribution in [0, 0.1) is 10.1 Å². The Hall–Kier alpha value is -3.16. The number of oxime groups is 1. The van der Waals surface area contributed by atoms with Crippen LogP contribution in [0.25, 0.3) is 0 Å². The van der Waals surface area contributed by atoms with E-state index in [1.54, 1.807) is 0 Å². The molecule has 2 aromatic rings. The van der Waals surface area contributed by atoms with Gasteiger partial charge in [-0.15, -0.1) is 11.3 Å². The zero-order chi connectivity index (χ0) is 25.9. The third-order valence-electron chi connectivity index (χ3n) is 4.51. The number of amides is 2. The fourth-order valence-corrected chi connectivity index (χ4v) is 4.31. The van der Waals surface area contributed by atoms with Crippen LogP contribution in [-0.2, 0) is 40.9 Å². The summed E-state index contributed by atoms with van der Waals surface area (Å²) in [5.41, 5.74) is 5.15. The number of non-ortho nitro benzene ring substituents is 1. The number of β-lactam (4-membered cyclic amide) rings is 1. The van der Waals surface area contributed by atoms with Crippen molar-refractivity contribution >= 4 is 56.0 Å². The van der Waals surface area contributed by atoms with Gasteiger partial charge in [0.25, 0.3) is 17.5 Å². The third-order valence-corrected chi connectivity index (χ3v) is 6.07. The molecule has 186 valence electrons. The minimum atomic E-state index is -5.43. The van der Waals surface area contributed by atoms with E-state index in [-0.39, 0.29) is 50.4 Å². The van der Waals surface area contributed by atoms with Gasteiger partial charge in [0.2, 0.25) is 0 Å². The molecule has 3 rings (SSSR count). The number of carbonyl (C=O) groups excluding carboxylic acids is 3. The zero-order valence-electron chi connectivity index (χ0n) is 18.5. The largest absolute Gasteiger partial charge is 1.00 e. The van der Waals surface area contributed by atoms with Crippen LogP contribution in [0.1, 0.15) is 11.3 Å². The van der Waals surface area contributed by atoms with E-state index in [0.29, 0.717) is 5.56 Å². The van der Waals surface area contributed by atoms with Gasteiger partial charge in [-0.2, -0.15) is 0 Å². The molecule has 2 amide bonds. The monoisotopic (exact) mass is 550 g/mol. The molecule has 19 heteroatoms. The number of nitrogens with zero attached hydrogens (tertiary/aromatic N) is 4. The van der Waals surface area contributed by atoms with Crippen molar-refractivity contribution in [3.05, 3.63) is 51.0 Å². The number of hydrogen-bond donors (Lipinski definition) is 2. The average Bonchev–Trinajstić information content (AvgIpc) is 3.22. The number of thiazole rings is 1. The maximum Gasteiger partial charge on any atom is 1.00 e. The summed E-state index contributed by atoms with van der Waals surface area (Å²) in [5.74, 6) is -3.78. The van der Waals surface area contributed by atoms with Crippen LogP contribution >= 0.6 is 11.3 Å². The number of anilines is 1. The molecule has 1 fully saturated rings. The minimum Gasteiger partial charge on any atom is -0.731 e. The van der Waals surface area contributed by atoms with Crippen molar-refractivity contribution in [1.82, 2.24) is 14.6 Å². The smallest absolute Gasteiger partial charge is 0.731 e. The van der Waals surface area contributed by atoms with Crippen LogP contribution in [-0.4, -0.2) is 69.9 Å². The number of nitrogens with one attached hydrogen (secondary N) is 1. The Labute approximate surface area is 228 Å². The Bertz CT molecular complexity index is 1310. The number of benzene rings is 1. The van der Waals surface area contributed by atoms with E-state index >= 15 is 0 Å². The minimum absolute atomic E-state index is 0. The summed E-state index contributed by atoms with van der Waals surface area (Å²) in [6.07, 6.45) is 0. The van der Waals surface area contributed by atoms with E-state index in [9.17, 15) is 37.5 Å². The molecule has 16 nitrogen and oxygen atoms in total. The summed E-state index contributed by atoms with van der Waals surface area (Å²) in [7, 11) is -4.30. The van der Waals surface area contributed by atoms with Crippen LogP contribution in [0.15, 0.2) is 34.8 Å². The fraction of sp³-hybridized carbons (Fsp3) is 0.235. The maximum atomic E-state index is 12.7. The summed E-state index contributed by atoms with van der Waals surface area (Å²) < 4.78 is 39.2. The van der Waals surface area contributed by atoms with E-state index in [1.165, 1.54) is 17.5 Å². The van der Waals surface area contributed by atoms with E-state index in [1.807, 2.05) is 0 Å². The Morgan fingerprint density at radius 1 is 1.33 bits per heavy atom. The van der Waals surface area contributed by atoms with Gasteiger partial charge in [0.1, 0.15) is 25.5 Å². The number of carbonyl (C=O) groups is 3. The number of nitrogens with two attached hydrogens (primary N) is 1. The molecule has 0 spiro atoms. The molecule has 2 unspecified atom stereocenters. The second kappa shape index (κ2) is 11.7. The van der Waals surface area contributed by atoms with Gasteiger partial charge in [-0.05, 0) is 17.7 Å². The number of aromatic nitrogens is 1. The molecule has 0 saturated carbocycles. The molecule has 0 radical (unpaired) electrons. The Kier molecular flexibility index (Phi) is 9.46. The van der Waals surface area contributed by atoms with Crippen molar-refractivity contribution in [2.75, 3.05) is 12.8 Å². The summed E-state index contributed by atoms with van der Waals surface area (Å²) in [6.45, 7) is -0.469. The predicted octanol–water partition coefficient (Wildman–Crippen LogP) is -4.11. The van der Waals surface area contributed by atoms with E-state index in [0.717, 1.165) is 30.6 Å². The molecule has 0 aliphatic carbocycles. The van der Waals surface area contributed by atoms with Gasteiger partial charge in [-0.3, -0.25) is 19.7 Å². The van der Waals surface area contributed by atoms with Crippen molar-refractivity contribution in [2.45, 2.75) is 18.7 Å². The predicted molar refractivity (Wildman–Crippen MR) is 115 cm³/mol. The quantitative estimate of drug-likeness (QED) is 0.0576. The molecule has 2 heterocycles. The molecule has 36 heavy (non-hydrogen) atoms. The number of ether oxygens (including phenoxy) is 1. The van der Waals surface area contributed by atoms with Crippen LogP contribution in [0.2, 0.25) is 0 Å². The molecule has 1 aromatic heterocycles. The molecule has 1 aliphatic rings. The molecule has 2 atom stereocenters. The fourth-order valence-electron chi connectivity index (χ4n) is 2.94. The summed E-state index contributed by atoms with van der Waals surface area (Å²) in [5, 5.41) is 17.8. The van der Waals surface area contributed by atoms with Crippen molar-refractivity contribution in [2.24, 2.45) is 5.16 Å². The van der Waals surface area contributed by atoms with E-state index in [4.69, 9.17) is 10.5 Å². The first-order valence-corrected chi connectivity index (χ1v) is 11.5. The van der Waals surface area contributed by atoms with Gasteiger partial charge in [-0.25, -0.2) is 22.5 Å². The first kappa shape index (κ1) is 29.1. The SMILES string of the molecule is CON=C(C(=O)NC1C(=O)N(S(=O)(=O)[O-])C1C(=O)OCc1ccc([N+](=O)[O-])cc1)c1csc(N)n1.[Na+]. The van der Waals surface area contributed by atoms with Crippen LogP contribution in [0.4, 0.5) is 10.8 Å². The number of nitro groups is 1. The molecule has 3 N–H and O–H groups in total. The number of nitro benzene ring substituents is 1. The zero-order valence-corrected chi connectivity index (χ0v) is 22.1. The van der Waals surface area contributed by atoms with Gasteiger partial charge in [0, 0.05) is 17.5 Å². The van der Waals surface area contributed by atoms with Gasteiger partial charge >= 0.3 is 35.5 Å². The van der Waals surface area contributed by atoms with Crippen LogP contribution in [0.3, 0.4) is 0 Å². The van der Waals surface area contributed by atoms with Gasteiger partial charge in [0.15, 0.2) is 27.2 Å². The maximum absolute atomic E-state index is 12.7.